The molecule has 134 valence electrons. The van der Waals surface area contributed by atoms with E-state index in [1.807, 2.05) is 30.3 Å². The first-order chi connectivity index (χ1) is 12.6. The van der Waals surface area contributed by atoms with Gasteiger partial charge in [-0.1, -0.05) is 30.3 Å². The molecule has 3 rings (SSSR count). The number of ether oxygens (including phenoxy) is 3. The fourth-order valence-electron chi connectivity index (χ4n) is 2.51. The van der Waals surface area contributed by atoms with Gasteiger partial charge in [0.05, 0.1) is 14.2 Å². The SMILES string of the molecule is COc1cc(-c2n[nH]nc2C(N)=O)cc(OCc2ccccc2)c1OC. The average molecular weight is 354 g/mol. The molecule has 3 aromatic rings. The van der Waals surface area contributed by atoms with Crippen molar-refractivity contribution in [1.82, 2.24) is 15.4 Å². The number of carbonyl (C=O) groups excluding carboxylic acids is 1. The number of primary amides is 1. The molecule has 8 nitrogen and oxygen atoms in total. The van der Waals surface area contributed by atoms with E-state index in [4.69, 9.17) is 19.9 Å². The van der Waals surface area contributed by atoms with Crippen LogP contribution < -0.4 is 19.9 Å². The quantitative estimate of drug-likeness (QED) is 0.672. The zero-order chi connectivity index (χ0) is 18.5. The molecule has 0 atom stereocenters. The Morgan fingerprint density at radius 3 is 2.46 bits per heavy atom. The number of aromatic amines is 1. The molecular formula is C18H18N4O4. The average Bonchev–Trinajstić information content (AvgIpc) is 3.16. The summed E-state index contributed by atoms with van der Waals surface area (Å²) in [5.41, 5.74) is 7.25. The number of nitrogens with zero attached hydrogens (tertiary/aromatic N) is 2. The van der Waals surface area contributed by atoms with Gasteiger partial charge in [-0.05, 0) is 17.7 Å². The molecule has 1 aromatic heterocycles. The molecule has 1 amide bonds. The van der Waals surface area contributed by atoms with Gasteiger partial charge in [-0.2, -0.15) is 15.4 Å². The summed E-state index contributed by atoms with van der Waals surface area (Å²) in [7, 11) is 3.04. The number of hydrogen-bond donors (Lipinski definition) is 2. The van der Waals surface area contributed by atoms with Crippen molar-refractivity contribution in [3.8, 4) is 28.5 Å². The van der Waals surface area contributed by atoms with E-state index in [-0.39, 0.29) is 5.69 Å². The largest absolute Gasteiger partial charge is 0.493 e. The van der Waals surface area contributed by atoms with Crippen molar-refractivity contribution in [2.75, 3.05) is 14.2 Å². The number of benzene rings is 2. The van der Waals surface area contributed by atoms with Gasteiger partial charge in [0.25, 0.3) is 5.91 Å². The number of aromatic nitrogens is 3. The summed E-state index contributed by atoms with van der Waals surface area (Å²) >= 11 is 0. The van der Waals surface area contributed by atoms with E-state index in [2.05, 4.69) is 15.4 Å². The molecule has 0 bridgehead atoms. The van der Waals surface area contributed by atoms with Crippen LogP contribution in [0.3, 0.4) is 0 Å². The number of rotatable bonds is 7. The van der Waals surface area contributed by atoms with Gasteiger partial charge in [-0.25, -0.2) is 0 Å². The summed E-state index contributed by atoms with van der Waals surface area (Å²) in [4.78, 5) is 11.5. The summed E-state index contributed by atoms with van der Waals surface area (Å²) in [5.74, 6) is 0.641. The Balaban J connectivity index is 2.01. The lowest BCUT2D eigenvalue weighted by Gasteiger charge is -2.15. The van der Waals surface area contributed by atoms with Crippen molar-refractivity contribution in [3.63, 3.8) is 0 Å². The van der Waals surface area contributed by atoms with Gasteiger partial charge in [-0.15, -0.1) is 0 Å². The lowest BCUT2D eigenvalue weighted by atomic mass is 10.1. The van der Waals surface area contributed by atoms with Crippen LogP contribution in [0.2, 0.25) is 0 Å². The normalized spacial score (nSPS) is 10.4. The highest BCUT2D eigenvalue weighted by atomic mass is 16.5. The number of hydrogen-bond acceptors (Lipinski definition) is 6. The number of carbonyl (C=O) groups is 1. The molecule has 0 unspecified atom stereocenters. The first-order valence-corrected chi connectivity index (χ1v) is 7.77. The van der Waals surface area contributed by atoms with E-state index in [9.17, 15) is 4.79 Å². The second kappa shape index (κ2) is 7.56. The highest BCUT2D eigenvalue weighted by Crippen LogP contribution is 2.41. The Labute approximate surface area is 149 Å². The van der Waals surface area contributed by atoms with Gasteiger partial charge in [0.15, 0.2) is 17.2 Å². The van der Waals surface area contributed by atoms with E-state index >= 15 is 0 Å². The first-order valence-electron chi connectivity index (χ1n) is 7.77. The third-order valence-corrected chi connectivity index (χ3v) is 3.74. The third kappa shape index (κ3) is 3.44. The van der Waals surface area contributed by atoms with Crippen molar-refractivity contribution < 1.29 is 19.0 Å². The Bertz CT molecular complexity index is 909. The fourth-order valence-corrected chi connectivity index (χ4v) is 2.51. The summed E-state index contributed by atoms with van der Waals surface area (Å²) in [6.45, 7) is 0.339. The van der Waals surface area contributed by atoms with Crippen molar-refractivity contribution in [2.24, 2.45) is 5.73 Å². The summed E-state index contributed by atoms with van der Waals surface area (Å²) in [6, 6.07) is 13.1. The van der Waals surface area contributed by atoms with E-state index in [1.54, 1.807) is 12.1 Å². The minimum Gasteiger partial charge on any atom is -0.493 e. The van der Waals surface area contributed by atoms with Crippen molar-refractivity contribution in [1.29, 1.82) is 0 Å². The minimum absolute atomic E-state index is 0.0335. The van der Waals surface area contributed by atoms with Gasteiger partial charge < -0.3 is 19.9 Å². The lowest BCUT2D eigenvalue weighted by molar-refractivity contribution is 0.0996. The summed E-state index contributed by atoms with van der Waals surface area (Å²) in [6.07, 6.45) is 0. The molecule has 0 spiro atoms. The molecule has 0 saturated heterocycles. The summed E-state index contributed by atoms with van der Waals surface area (Å²) < 4.78 is 16.7. The van der Waals surface area contributed by atoms with Gasteiger partial charge in [0.2, 0.25) is 5.75 Å². The van der Waals surface area contributed by atoms with Gasteiger partial charge in [-0.3, -0.25) is 4.79 Å². The molecule has 0 aliphatic heterocycles. The van der Waals surface area contributed by atoms with E-state index in [0.29, 0.717) is 35.1 Å². The molecule has 0 saturated carbocycles. The van der Waals surface area contributed by atoms with E-state index in [0.717, 1.165) is 5.56 Å². The molecule has 3 N–H and O–H groups in total. The predicted molar refractivity (Wildman–Crippen MR) is 94.2 cm³/mol. The van der Waals surface area contributed by atoms with Crippen LogP contribution in [0, 0.1) is 0 Å². The number of nitrogens with two attached hydrogens (primary N) is 1. The Kier molecular flexibility index (Phi) is 5.02. The molecule has 1 heterocycles. The van der Waals surface area contributed by atoms with Crippen LogP contribution in [0.15, 0.2) is 42.5 Å². The van der Waals surface area contributed by atoms with E-state index in [1.165, 1.54) is 14.2 Å². The van der Waals surface area contributed by atoms with Crippen LogP contribution in [0.1, 0.15) is 16.1 Å². The Morgan fingerprint density at radius 1 is 1.08 bits per heavy atom. The third-order valence-electron chi connectivity index (χ3n) is 3.74. The van der Waals surface area contributed by atoms with Crippen LogP contribution in [-0.4, -0.2) is 35.5 Å². The summed E-state index contributed by atoms with van der Waals surface area (Å²) in [5, 5.41) is 10.2. The topological polar surface area (TPSA) is 112 Å². The monoisotopic (exact) mass is 354 g/mol. The van der Waals surface area contributed by atoms with Crippen LogP contribution in [0.25, 0.3) is 11.3 Å². The smallest absolute Gasteiger partial charge is 0.271 e. The van der Waals surface area contributed by atoms with Crippen molar-refractivity contribution >= 4 is 5.91 Å². The first kappa shape index (κ1) is 17.3. The minimum atomic E-state index is -0.685. The van der Waals surface area contributed by atoms with Crippen LogP contribution in [0.5, 0.6) is 17.2 Å². The van der Waals surface area contributed by atoms with Gasteiger partial charge in [0, 0.05) is 5.56 Å². The fraction of sp³-hybridized carbons (Fsp3) is 0.167. The molecule has 8 heteroatoms. The molecular weight excluding hydrogens is 336 g/mol. The highest BCUT2D eigenvalue weighted by molar-refractivity contribution is 5.97. The van der Waals surface area contributed by atoms with Crippen LogP contribution in [-0.2, 0) is 6.61 Å². The lowest BCUT2D eigenvalue weighted by Crippen LogP contribution is -2.12. The molecule has 0 aliphatic carbocycles. The number of H-pyrrole nitrogens is 1. The Hall–Kier alpha value is -3.55. The number of methoxy groups -OCH3 is 2. The molecule has 26 heavy (non-hydrogen) atoms. The number of amides is 1. The molecule has 0 aliphatic rings. The molecule has 0 fully saturated rings. The van der Waals surface area contributed by atoms with Crippen molar-refractivity contribution in [3.05, 3.63) is 53.7 Å². The maximum atomic E-state index is 11.5. The van der Waals surface area contributed by atoms with Gasteiger partial charge >= 0.3 is 0 Å². The second-order valence-corrected chi connectivity index (χ2v) is 5.37. The zero-order valence-electron chi connectivity index (χ0n) is 14.4. The maximum absolute atomic E-state index is 11.5. The van der Waals surface area contributed by atoms with Crippen molar-refractivity contribution in [2.45, 2.75) is 6.61 Å². The van der Waals surface area contributed by atoms with Crippen LogP contribution in [0.4, 0.5) is 0 Å². The van der Waals surface area contributed by atoms with Crippen LogP contribution >= 0.6 is 0 Å². The van der Waals surface area contributed by atoms with Gasteiger partial charge in [0.1, 0.15) is 12.3 Å². The van der Waals surface area contributed by atoms with E-state index < -0.39 is 5.91 Å². The zero-order valence-corrected chi connectivity index (χ0v) is 14.4. The predicted octanol–water partition coefficient (Wildman–Crippen LogP) is 2.17. The molecule has 0 radical (unpaired) electrons. The second-order valence-electron chi connectivity index (χ2n) is 5.37. The maximum Gasteiger partial charge on any atom is 0.271 e. The number of nitrogens with one attached hydrogen (secondary N) is 1. The molecule has 2 aromatic carbocycles. The highest BCUT2D eigenvalue weighted by Gasteiger charge is 2.20. The Morgan fingerprint density at radius 2 is 1.81 bits per heavy atom. The standard InChI is InChI=1S/C18H18N4O4/c1-24-13-8-12(15-16(18(19)23)21-22-20-15)9-14(17(13)25-2)26-10-11-6-4-3-5-7-11/h3-9H,10H2,1-2H3,(H2,19,23)(H,20,21,22).